The number of aromatic nitrogens is 2. The molecule has 0 atom stereocenters. The Kier molecular flexibility index (Phi) is 2.44. The van der Waals surface area contributed by atoms with E-state index in [-0.39, 0.29) is 0 Å². The number of nitrogens with one attached hydrogen (secondary N) is 1. The van der Waals surface area contributed by atoms with Gasteiger partial charge in [0, 0.05) is 30.9 Å². The number of anilines is 1. The van der Waals surface area contributed by atoms with Gasteiger partial charge in [-0.2, -0.15) is 5.10 Å². The molecule has 1 aliphatic heterocycles. The number of aryl methyl sites for hydroxylation is 1. The van der Waals surface area contributed by atoms with Crippen LogP contribution in [0.15, 0.2) is 24.3 Å². The molecule has 1 aromatic carbocycles. The van der Waals surface area contributed by atoms with Gasteiger partial charge in [-0.05, 0) is 6.92 Å². The van der Waals surface area contributed by atoms with Crippen molar-refractivity contribution in [3.8, 4) is 0 Å². The van der Waals surface area contributed by atoms with Gasteiger partial charge in [0.15, 0.2) is 5.82 Å². The van der Waals surface area contributed by atoms with E-state index in [9.17, 15) is 0 Å². The molecule has 4 heteroatoms. The first kappa shape index (κ1) is 10.5. The average Bonchev–Trinajstić information content (AvgIpc) is 2.27. The fourth-order valence-electron chi connectivity index (χ4n) is 2.20. The standard InChI is InChI=1S/C13H16N4/c1-9-11-5-3-4-6-12(11)13(16-15-9)17(2)10-7-14-8-10/h3-6,10,14H,7-8H2,1-2H3. The van der Waals surface area contributed by atoms with Crippen LogP contribution in [-0.2, 0) is 0 Å². The maximum atomic E-state index is 4.36. The molecule has 1 aromatic heterocycles. The van der Waals surface area contributed by atoms with Gasteiger partial charge in [0.25, 0.3) is 0 Å². The van der Waals surface area contributed by atoms with Crippen molar-refractivity contribution < 1.29 is 0 Å². The summed E-state index contributed by atoms with van der Waals surface area (Å²) in [6.07, 6.45) is 0. The summed E-state index contributed by atoms with van der Waals surface area (Å²) in [4.78, 5) is 2.23. The van der Waals surface area contributed by atoms with Gasteiger partial charge in [-0.1, -0.05) is 24.3 Å². The summed E-state index contributed by atoms with van der Waals surface area (Å²) in [5.74, 6) is 0.984. The number of likely N-dealkylation sites (N-methyl/N-ethyl adjacent to an activating group) is 1. The van der Waals surface area contributed by atoms with Crippen LogP contribution in [0.1, 0.15) is 5.69 Å². The second-order valence-electron chi connectivity index (χ2n) is 4.58. The quantitative estimate of drug-likeness (QED) is 0.842. The topological polar surface area (TPSA) is 41.1 Å². The van der Waals surface area contributed by atoms with Gasteiger partial charge in [-0.25, -0.2) is 0 Å². The molecular weight excluding hydrogens is 212 g/mol. The maximum Gasteiger partial charge on any atom is 0.159 e. The molecule has 0 amide bonds. The highest BCUT2D eigenvalue weighted by Crippen LogP contribution is 2.26. The molecule has 88 valence electrons. The molecule has 0 unspecified atom stereocenters. The molecule has 0 bridgehead atoms. The summed E-state index contributed by atoms with van der Waals surface area (Å²) >= 11 is 0. The summed E-state index contributed by atoms with van der Waals surface area (Å²) in [6, 6.07) is 8.87. The summed E-state index contributed by atoms with van der Waals surface area (Å²) in [6.45, 7) is 4.06. The summed E-state index contributed by atoms with van der Waals surface area (Å²) in [5, 5.41) is 14.3. The SMILES string of the molecule is Cc1nnc(N(C)C2CNC2)c2ccccc12. The highest BCUT2D eigenvalue weighted by molar-refractivity contribution is 5.93. The zero-order chi connectivity index (χ0) is 11.8. The first-order valence-electron chi connectivity index (χ1n) is 5.93. The summed E-state index contributed by atoms with van der Waals surface area (Å²) < 4.78 is 0. The molecule has 2 aromatic rings. The van der Waals surface area contributed by atoms with Crippen LogP contribution < -0.4 is 10.2 Å². The van der Waals surface area contributed by atoms with Crippen LogP contribution in [0.5, 0.6) is 0 Å². The molecule has 1 saturated heterocycles. The molecule has 0 saturated carbocycles. The van der Waals surface area contributed by atoms with Crippen molar-refractivity contribution in [2.45, 2.75) is 13.0 Å². The number of rotatable bonds is 2. The Morgan fingerprint density at radius 2 is 1.88 bits per heavy atom. The van der Waals surface area contributed by atoms with Crippen LogP contribution in [0, 0.1) is 6.92 Å². The lowest BCUT2D eigenvalue weighted by Crippen LogP contribution is -2.56. The minimum atomic E-state index is 0.537. The molecule has 1 aliphatic rings. The average molecular weight is 228 g/mol. The monoisotopic (exact) mass is 228 g/mol. The van der Waals surface area contributed by atoms with Crippen molar-refractivity contribution in [3.63, 3.8) is 0 Å². The molecule has 1 N–H and O–H groups in total. The Balaban J connectivity index is 2.12. The number of benzene rings is 1. The van der Waals surface area contributed by atoms with Crippen molar-refractivity contribution in [1.82, 2.24) is 15.5 Å². The lowest BCUT2D eigenvalue weighted by Gasteiger charge is -2.36. The van der Waals surface area contributed by atoms with E-state index >= 15 is 0 Å². The van der Waals surface area contributed by atoms with Crippen molar-refractivity contribution in [2.24, 2.45) is 0 Å². The Bertz CT molecular complexity index is 548. The Hall–Kier alpha value is -1.68. The first-order valence-corrected chi connectivity index (χ1v) is 5.93. The normalized spacial score (nSPS) is 15.9. The number of fused-ring (bicyclic) bond motifs is 1. The van der Waals surface area contributed by atoms with Gasteiger partial charge < -0.3 is 10.2 Å². The number of hydrogen-bond donors (Lipinski definition) is 1. The van der Waals surface area contributed by atoms with Gasteiger partial charge in [0.2, 0.25) is 0 Å². The Morgan fingerprint density at radius 1 is 1.18 bits per heavy atom. The minimum absolute atomic E-state index is 0.537. The molecular formula is C13H16N4. The van der Waals surface area contributed by atoms with E-state index in [1.807, 2.05) is 13.0 Å². The van der Waals surface area contributed by atoms with E-state index in [4.69, 9.17) is 0 Å². The summed E-state index contributed by atoms with van der Waals surface area (Å²) in [5.41, 5.74) is 0.990. The zero-order valence-corrected chi connectivity index (χ0v) is 10.1. The molecule has 0 aliphatic carbocycles. The molecule has 0 radical (unpaired) electrons. The van der Waals surface area contributed by atoms with Gasteiger partial charge in [-0.3, -0.25) is 0 Å². The van der Waals surface area contributed by atoms with Crippen molar-refractivity contribution in [3.05, 3.63) is 30.0 Å². The smallest absolute Gasteiger partial charge is 0.159 e. The third-order valence-corrected chi connectivity index (χ3v) is 3.49. The van der Waals surface area contributed by atoms with E-state index in [1.165, 1.54) is 10.8 Å². The lowest BCUT2D eigenvalue weighted by molar-refractivity contribution is 0.426. The fourth-order valence-corrected chi connectivity index (χ4v) is 2.20. The van der Waals surface area contributed by atoms with Crippen molar-refractivity contribution >= 4 is 16.6 Å². The van der Waals surface area contributed by atoms with Crippen LogP contribution >= 0.6 is 0 Å². The molecule has 2 heterocycles. The highest BCUT2D eigenvalue weighted by Gasteiger charge is 2.24. The van der Waals surface area contributed by atoms with E-state index in [2.05, 4.69) is 45.7 Å². The number of nitrogens with zero attached hydrogens (tertiary/aromatic N) is 3. The Morgan fingerprint density at radius 3 is 2.53 bits per heavy atom. The lowest BCUT2D eigenvalue weighted by atomic mass is 10.1. The van der Waals surface area contributed by atoms with Gasteiger partial charge >= 0.3 is 0 Å². The fraction of sp³-hybridized carbons (Fsp3) is 0.385. The van der Waals surface area contributed by atoms with E-state index in [0.29, 0.717) is 6.04 Å². The predicted molar refractivity (Wildman–Crippen MR) is 69.3 cm³/mol. The summed E-state index contributed by atoms with van der Waals surface area (Å²) in [7, 11) is 2.09. The highest BCUT2D eigenvalue weighted by atomic mass is 15.3. The van der Waals surface area contributed by atoms with Gasteiger partial charge in [-0.15, -0.1) is 5.10 Å². The largest absolute Gasteiger partial charge is 0.352 e. The van der Waals surface area contributed by atoms with Crippen LogP contribution in [-0.4, -0.2) is 36.4 Å². The molecule has 17 heavy (non-hydrogen) atoms. The second kappa shape index (κ2) is 3.96. The molecule has 4 nitrogen and oxygen atoms in total. The molecule has 3 rings (SSSR count). The third kappa shape index (κ3) is 1.65. The van der Waals surface area contributed by atoms with Crippen molar-refractivity contribution in [1.29, 1.82) is 0 Å². The predicted octanol–water partition coefficient (Wildman–Crippen LogP) is 1.35. The van der Waals surface area contributed by atoms with Crippen LogP contribution in [0.4, 0.5) is 5.82 Å². The maximum absolute atomic E-state index is 4.36. The van der Waals surface area contributed by atoms with Crippen LogP contribution in [0.2, 0.25) is 0 Å². The van der Waals surface area contributed by atoms with Gasteiger partial charge in [0.05, 0.1) is 11.7 Å². The van der Waals surface area contributed by atoms with E-state index in [0.717, 1.165) is 24.6 Å². The molecule has 0 spiro atoms. The zero-order valence-electron chi connectivity index (χ0n) is 10.1. The third-order valence-electron chi connectivity index (χ3n) is 3.49. The van der Waals surface area contributed by atoms with E-state index in [1.54, 1.807) is 0 Å². The van der Waals surface area contributed by atoms with Gasteiger partial charge in [0.1, 0.15) is 0 Å². The Labute approximate surface area is 101 Å². The van der Waals surface area contributed by atoms with Crippen LogP contribution in [0.3, 0.4) is 0 Å². The number of hydrogen-bond acceptors (Lipinski definition) is 4. The van der Waals surface area contributed by atoms with Crippen molar-refractivity contribution in [2.75, 3.05) is 25.0 Å². The van der Waals surface area contributed by atoms with E-state index < -0.39 is 0 Å². The first-order chi connectivity index (χ1) is 8.27. The molecule has 1 fully saturated rings. The minimum Gasteiger partial charge on any atom is -0.352 e. The second-order valence-corrected chi connectivity index (χ2v) is 4.58. The van der Waals surface area contributed by atoms with Crippen LogP contribution in [0.25, 0.3) is 10.8 Å².